The van der Waals surface area contributed by atoms with Crippen molar-refractivity contribution in [2.75, 3.05) is 6.61 Å². The van der Waals surface area contributed by atoms with Gasteiger partial charge in [-0.15, -0.1) is 12.4 Å². The molecule has 1 aromatic carbocycles. The molecule has 0 unspecified atom stereocenters. The van der Waals surface area contributed by atoms with Gasteiger partial charge in [-0.05, 0) is 43.5 Å². The number of aryl methyl sites for hydroxylation is 1. The maximum Gasteiger partial charge on any atom is 0.120 e. The molecule has 0 saturated heterocycles. The van der Waals surface area contributed by atoms with Crippen LogP contribution in [0.2, 0.25) is 0 Å². The minimum absolute atomic E-state index is 0. The largest absolute Gasteiger partial charge is 0.492 e. The van der Waals surface area contributed by atoms with Crippen molar-refractivity contribution in [3.05, 3.63) is 28.2 Å². The van der Waals surface area contributed by atoms with Gasteiger partial charge in [0, 0.05) is 4.47 Å². The van der Waals surface area contributed by atoms with Crippen molar-refractivity contribution in [1.82, 2.24) is 0 Å². The van der Waals surface area contributed by atoms with E-state index in [1.54, 1.807) is 0 Å². The third kappa shape index (κ3) is 3.67. The Morgan fingerprint density at radius 2 is 2.07 bits per heavy atom. The molecule has 4 heteroatoms. The lowest BCUT2D eigenvalue weighted by molar-refractivity contribution is 0.279. The minimum atomic E-state index is -0.0454. The molecule has 0 radical (unpaired) electrons. The topological polar surface area (TPSA) is 35.2 Å². The van der Waals surface area contributed by atoms with Gasteiger partial charge in [0.05, 0.1) is 5.54 Å². The van der Waals surface area contributed by atoms with Gasteiger partial charge in [-0.25, -0.2) is 0 Å². The van der Waals surface area contributed by atoms with Crippen molar-refractivity contribution in [2.45, 2.75) is 25.3 Å². The molecule has 2 N–H and O–H groups in total. The van der Waals surface area contributed by atoms with Gasteiger partial charge in [0.25, 0.3) is 0 Å². The molecule has 1 fully saturated rings. The maximum absolute atomic E-state index is 5.93. The highest BCUT2D eigenvalue weighted by molar-refractivity contribution is 9.10. The second-order valence-corrected chi connectivity index (χ2v) is 5.03. The fourth-order valence-electron chi connectivity index (χ4n) is 1.32. The van der Waals surface area contributed by atoms with Crippen LogP contribution in [0.1, 0.15) is 18.4 Å². The Hall–Kier alpha value is -0.250. The van der Waals surface area contributed by atoms with E-state index in [-0.39, 0.29) is 17.9 Å². The highest BCUT2D eigenvalue weighted by Crippen LogP contribution is 2.33. The maximum atomic E-state index is 5.93. The molecule has 2 nitrogen and oxygen atoms in total. The molecule has 0 amide bonds. The zero-order chi connectivity index (χ0) is 10.2. The molecule has 0 aromatic heterocycles. The van der Waals surface area contributed by atoms with E-state index in [9.17, 15) is 0 Å². The Kier molecular flexibility index (Phi) is 4.04. The van der Waals surface area contributed by atoms with Crippen LogP contribution in [0.4, 0.5) is 0 Å². The summed E-state index contributed by atoms with van der Waals surface area (Å²) in [6, 6.07) is 6.05. The van der Waals surface area contributed by atoms with Crippen LogP contribution in [0.15, 0.2) is 22.7 Å². The van der Waals surface area contributed by atoms with Crippen LogP contribution in [0.5, 0.6) is 5.75 Å². The fraction of sp³-hybridized carbons (Fsp3) is 0.455. The SMILES string of the molecule is Cc1cc(Br)cc(OCC2(N)CC2)c1.Cl. The van der Waals surface area contributed by atoms with Gasteiger partial charge >= 0.3 is 0 Å². The van der Waals surface area contributed by atoms with Crippen LogP contribution in [-0.2, 0) is 0 Å². The van der Waals surface area contributed by atoms with Gasteiger partial charge < -0.3 is 10.5 Å². The van der Waals surface area contributed by atoms with E-state index < -0.39 is 0 Å². The highest BCUT2D eigenvalue weighted by atomic mass is 79.9. The van der Waals surface area contributed by atoms with Crippen LogP contribution in [0.25, 0.3) is 0 Å². The number of hydrogen-bond acceptors (Lipinski definition) is 2. The molecular formula is C11H15BrClNO. The number of ether oxygens (including phenoxy) is 1. The van der Waals surface area contributed by atoms with E-state index in [1.165, 1.54) is 5.56 Å². The molecule has 1 aliphatic carbocycles. The summed E-state index contributed by atoms with van der Waals surface area (Å²) in [7, 11) is 0. The lowest BCUT2D eigenvalue weighted by atomic mass is 10.2. The molecule has 15 heavy (non-hydrogen) atoms. The second-order valence-electron chi connectivity index (χ2n) is 4.12. The van der Waals surface area contributed by atoms with Gasteiger partial charge in [0.1, 0.15) is 12.4 Å². The predicted molar refractivity (Wildman–Crippen MR) is 67.8 cm³/mol. The summed E-state index contributed by atoms with van der Waals surface area (Å²) >= 11 is 3.44. The Balaban J connectivity index is 0.00000112. The van der Waals surface area contributed by atoms with Gasteiger partial charge in [-0.1, -0.05) is 15.9 Å². The molecule has 1 aliphatic rings. The van der Waals surface area contributed by atoms with Crippen molar-refractivity contribution in [3.8, 4) is 5.75 Å². The zero-order valence-electron chi connectivity index (χ0n) is 8.63. The molecule has 0 bridgehead atoms. The van der Waals surface area contributed by atoms with Crippen LogP contribution in [0, 0.1) is 6.92 Å². The molecular weight excluding hydrogens is 277 g/mol. The Morgan fingerprint density at radius 3 is 2.60 bits per heavy atom. The minimum Gasteiger partial charge on any atom is -0.492 e. The molecule has 2 rings (SSSR count). The quantitative estimate of drug-likeness (QED) is 0.929. The van der Waals surface area contributed by atoms with E-state index in [2.05, 4.69) is 22.0 Å². The lowest BCUT2D eigenvalue weighted by Gasteiger charge is -2.11. The molecule has 1 saturated carbocycles. The van der Waals surface area contributed by atoms with Crippen LogP contribution >= 0.6 is 28.3 Å². The number of benzene rings is 1. The van der Waals surface area contributed by atoms with Crippen molar-refractivity contribution < 1.29 is 4.74 Å². The normalized spacial score (nSPS) is 16.7. The Bertz CT molecular complexity index is 332. The Labute approximate surface area is 105 Å². The molecule has 1 aromatic rings. The summed E-state index contributed by atoms with van der Waals surface area (Å²) in [5.41, 5.74) is 7.08. The Morgan fingerprint density at radius 1 is 1.40 bits per heavy atom. The number of rotatable bonds is 3. The van der Waals surface area contributed by atoms with Gasteiger partial charge in [0.15, 0.2) is 0 Å². The average Bonchev–Trinajstić information content (AvgIpc) is 2.80. The molecule has 0 aliphatic heterocycles. The van der Waals surface area contributed by atoms with E-state index in [4.69, 9.17) is 10.5 Å². The first kappa shape index (κ1) is 12.8. The van der Waals surface area contributed by atoms with Crippen LogP contribution in [0.3, 0.4) is 0 Å². The first-order valence-electron chi connectivity index (χ1n) is 4.76. The second kappa shape index (κ2) is 4.73. The monoisotopic (exact) mass is 291 g/mol. The number of hydrogen-bond donors (Lipinski definition) is 1. The van der Waals surface area contributed by atoms with Crippen LogP contribution < -0.4 is 10.5 Å². The standard InChI is InChI=1S/C11H14BrNO.ClH/c1-8-4-9(12)6-10(5-8)14-7-11(13)2-3-11;/h4-6H,2-3,7,13H2,1H3;1H. The fourth-order valence-corrected chi connectivity index (χ4v) is 1.90. The summed E-state index contributed by atoms with van der Waals surface area (Å²) in [6.45, 7) is 2.68. The first-order valence-corrected chi connectivity index (χ1v) is 5.56. The van der Waals surface area contributed by atoms with Gasteiger partial charge in [0.2, 0.25) is 0 Å². The first-order chi connectivity index (χ1) is 6.57. The predicted octanol–water partition coefficient (Wildman–Crippen LogP) is 3.05. The third-order valence-electron chi connectivity index (χ3n) is 2.43. The third-order valence-corrected chi connectivity index (χ3v) is 2.89. The summed E-state index contributed by atoms with van der Waals surface area (Å²) in [6.07, 6.45) is 2.17. The van der Waals surface area contributed by atoms with Crippen molar-refractivity contribution in [2.24, 2.45) is 5.73 Å². The van der Waals surface area contributed by atoms with Gasteiger partial charge in [-0.3, -0.25) is 0 Å². The van der Waals surface area contributed by atoms with Crippen molar-refractivity contribution in [1.29, 1.82) is 0 Å². The van der Waals surface area contributed by atoms with E-state index in [1.807, 2.05) is 19.1 Å². The average molecular weight is 293 g/mol. The lowest BCUT2D eigenvalue weighted by Crippen LogP contribution is -2.29. The summed E-state index contributed by atoms with van der Waals surface area (Å²) in [5, 5.41) is 0. The van der Waals surface area contributed by atoms with E-state index >= 15 is 0 Å². The smallest absolute Gasteiger partial charge is 0.120 e. The van der Waals surface area contributed by atoms with E-state index in [0.29, 0.717) is 6.61 Å². The summed E-state index contributed by atoms with van der Waals surface area (Å²) in [4.78, 5) is 0. The van der Waals surface area contributed by atoms with Crippen molar-refractivity contribution >= 4 is 28.3 Å². The molecule has 0 heterocycles. The van der Waals surface area contributed by atoms with Gasteiger partial charge in [-0.2, -0.15) is 0 Å². The number of halogens is 2. The molecule has 0 atom stereocenters. The van der Waals surface area contributed by atoms with Crippen molar-refractivity contribution in [3.63, 3.8) is 0 Å². The highest BCUT2D eigenvalue weighted by Gasteiger charge is 2.39. The van der Waals surface area contributed by atoms with Crippen LogP contribution in [-0.4, -0.2) is 12.1 Å². The molecule has 84 valence electrons. The molecule has 0 spiro atoms. The number of nitrogens with two attached hydrogens (primary N) is 1. The summed E-state index contributed by atoms with van der Waals surface area (Å²) in [5.74, 6) is 0.897. The van der Waals surface area contributed by atoms with E-state index in [0.717, 1.165) is 23.1 Å². The summed E-state index contributed by atoms with van der Waals surface area (Å²) < 4.78 is 6.69. The zero-order valence-corrected chi connectivity index (χ0v) is 11.0.